The number of rotatable bonds is 7. The van der Waals surface area contributed by atoms with Crippen LogP contribution in [0.25, 0.3) is 0 Å². The predicted octanol–water partition coefficient (Wildman–Crippen LogP) is 5.82. The minimum absolute atomic E-state index is 0.00560. The lowest BCUT2D eigenvalue weighted by molar-refractivity contribution is 0.111. The molecule has 1 aromatic heterocycles. The largest absolute Gasteiger partial charge is 0.400 e. The monoisotopic (exact) mass is 495 g/mol. The summed E-state index contributed by atoms with van der Waals surface area (Å²) in [5.41, 5.74) is 6.73. The summed E-state index contributed by atoms with van der Waals surface area (Å²) in [7, 11) is 1.00. The van der Waals surface area contributed by atoms with Crippen LogP contribution >= 0.6 is 0 Å². The van der Waals surface area contributed by atoms with Gasteiger partial charge in [-0.15, -0.1) is 0 Å². The molecular weight excluding hydrogens is 462 g/mol. The molecule has 4 aromatic rings. The van der Waals surface area contributed by atoms with Gasteiger partial charge in [-0.25, -0.2) is 9.97 Å². The quantitative estimate of drug-likeness (QED) is 0.278. The molecule has 1 aliphatic heterocycles. The smallest absolute Gasteiger partial charge is 0.196 e. The Morgan fingerprint density at radius 3 is 2.38 bits per heavy atom. The Morgan fingerprint density at radius 2 is 1.70 bits per heavy atom. The van der Waals surface area contributed by atoms with Crippen molar-refractivity contribution in [2.24, 2.45) is 0 Å². The van der Waals surface area contributed by atoms with E-state index in [4.69, 9.17) is 5.11 Å². The molecule has 2 heterocycles. The lowest BCUT2D eigenvalue weighted by atomic mass is 10.1. The van der Waals surface area contributed by atoms with E-state index in [1.807, 2.05) is 18.2 Å². The van der Waals surface area contributed by atoms with Crippen molar-refractivity contribution in [1.82, 2.24) is 9.97 Å². The maximum Gasteiger partial charge on any atom is 0.196 e. The highest BCUT2D eigenvalue weighted by atomic mass is 16.2. The minimum atomic E-state index is -0.144. The summed E-state index contributed by atoms with van der Waals surface area (Å²) in [6, 6.07) is 27.2. The van der Waals surface area contributed by atoms with Gasteiger partial charge in [0.15, 0.2) is 23.7 Å². The first-order valence-electron chi connectivity index (χ1n) is 12.3. The number of aldehydes is 1. The van der Waals surface area contributed by atoms with Crippen molar-refractivity contribution < 1.29 is 9.90 Å². The van der Waals surface area contributed by atoms with Gasteiger partial charge >= 0.3 is 0 Å². The molecular formula is C30H33N5O2. The van der Waals surface area contributed by atoms with E-state index >= 15 is 0 Å². The molecule has 0 radical (unpaired) electrons. The number of nitrogens with zero attached hydrogens (tertiary/aromatic N) is 3. The summed E-state index contributed by atoms with van der Waals surface area (Å²) in [5.74, 6) is 1.45. The minimum Gasteiger partial charge on any atom is -0.400 e. The SMILES string of the molecule is CO.Cc1ccc(CN2c3c(nc(C=O)nc3N[C@H](C)c3ccccc3)NC2c2cccc(C)c2)cc1. The molecule has 1 unspecified atom stereocenters. The van der Waals surface area contributed by atoms with Crippen LogP contribution in [-0.2, 0) is 6.54 Å². The van der Waals surface area contributed by atoms with Crippen LogP contribution in [0.4, 0.5) is 17.3 Å². The first kappa shape index (κ1) is 25.9. The Kier molecular flexibility index (Phi) is 8.15. The molecule has 5 rings (SSSR count). The molecule has 1 aliphatic rings. The molecule has 7 nitrogen and oxygen atoms in total. The van der Waals surface area contributed by atoms with Gasteiger partial charge in [-0.1, -0.05) is 90.0 Å². The highest BCUT2D eigenvalue weighted by molar-refractivity contribution is 5.86. The molecule has 0 aliphatic carbocycles. The first-order chi connectivity index (χ1) is 18.0. The number of carbonyl (C=O) groups is 1. The van der Waals surface area contributed by atoms with Gasteiger partial charge in [0.25, 0.3) is 0 Å². The zero-order valence-corrected chi connectivity index (χ0v) is 21.6. The molecule has 0 spiro atoms. The van der Waals surface area contributed by atoms with Crippen molar-refractivity contribution in [2.45, 2.75) is 39.5 Å². The normalized spacial score (nSPS) is 14.6. The van der Waals surface area contributed by atoms with E-state index in [0.717, 1.165) is 23.9 Å². The third-order valence-electron chi connectivity index (χ3n) is 6.36. The summed E-state index contributed by atoms with van der Waals surface area (Å²) in [5, 5.41) is 14.1. The maximum atomic E-state index is 11.7. The standard InChI is InChI=1S/C29H29N5O.CH4O/c1-19-12-14-22(15-13-19)17-34-26-27(30-21(3)23-9-5-4-6-10-23)31-25(18-35)32-28(26)33-29(34)24-11-7-8-20(2)16-24;1-2/h4-16,18,21,29H,17H2,1-3H3,(H2,30,31,32,33);2H,1H3/t21-,29?;/m1./s1. The number of aromatic nitrogens is 2. The highest BCUT2D eigenvalue weighted by Gasteiger charge is 2.35. The molecule has 7 heteroatoms. The van der Waals surface area contributed by atoms with E-state index in [1.165, 1.54) is 16.7 Å². The zero-order chi connectivity index (χ0) is 26.4. The fourth-order valence-corrected chi connectivity index (χ4v) is 4.53. The third-order valence-corrected chi connectivity index (χ3v) is 6.36. The average Bonchev–Trinajstić information content (AvgIpc) is 3.30. The van der Waals surface area contributed by atoms with E-state index in [0.29, 0.717) is 24.5 Å². The molecule has 37 heavy (non-hydrogen) atoms. The van der Waals surface area contributed by atoms with Gasteiger partial charge in [0.05, 0.1) is 6.04 Å². The fraction of sp³-hybridized carbons (Fsp3) is 0.233. The summed E-state index contributed by atoms with van der Waals surface area (Å²) in [6.07, 6.45) is 0.556. The highest BCUT2D eigenvalue weighted by Crippen LogP contribution is 2.45. The third kappa shape index (κ3) is 5.78. The van der Waals surface area contributed by atoms with Gasteiger partial charge in [-0.3, -0.25) is 4.79 Å². The van der Waals surface area contributed by atoms with Crippen LogP contribution in [0.15, 0.2) is 78.9 Å². The van der Waals surface area contributed by atoms with Crippen LogP contribution < -0.4 is 15.5 Å². The number of carbonyl (C=O) groups excluding carboxylic acids is 1. The van der Waals surface area contributed by atoms with E-state index < -0.39 is 0 Å². The van der Waals surface area contributed by atoms with Crippen LogP contribution in [0.3, 0.4) is 0 Å². The number of hydrogen-bond donors (Lipinski definition) is 3. The second-order valence-electron chi connectivity index (χ2n) is 9.10. The number of aryl methyl sites for hydroxylation is 2. The van der Waals surface area contributed by atoms with Crippen molar-refractivity contribution >= 4 is 23.6 Å². The molecule has 0 saturated heterocycles. The summed E-state index contributed by atoms with van der Waals surface area (Å²) in [6.45, 7) is 6.94. The molecule has 3 N–H and O–H groups in total. The van der Waals surface area contributed by atoms with Gasteiger partial charge in [-0.2, -0.15) is 0 Å². The average molecular weight is 496 g/mol. The number of fused-ring (bicyclic) bond motifs is 1. The molecule has 0 fully saturated rings. The molecule has 0 bridgehead atoms. The van der Waals surface area contributed by atoms with Gasteiger partial charge in [0.2, 0.25) is 0 Å². The number of nitrogens with one attached hydrogen (secondary N) is 2. The Bertz CT molecular complexity index is 1340. The topological polar surface area (TPSA) is 90.4 Å². The zero-order valence-electron chi connectivity index (χ0n) is 21.6. The maximum absolute atomic E-state index is 11.7. The van der Waals surface area contributed by atoms with Crippen molar-refractivity contribution in [2.75, 3.05) is 22.6 Å². The summed E-state index contributed by atoms with van der Waals surface area (Å²) < 4.78 is 0. The number of benzene rings is 3. The van der Waals surface area contributed by atoms with Crippen LogP contribution in [0.5, 0.6) is 0 Å². The molecule has 0 amide bonds. The van der Waals surface area contributed by atoms with Crippen molar-refractivity contribution in [3.63, 3.8) is 0 Å². The first-order valence-corrected chi connectivity index (χ1v) is 12.3. The lowest BCUT2D eigenvalue weighted by Gasteiger charge is -2.29. The van der Waals surface area contributed by atoms with Crippen LogP contribution in [0, 0.1) is 13.8 Å². The second-order valence-corrected chi connectivity index (χ2v) is 9.10. The molecule has 3 aromatic carbocycles. The number of anilines is 3. The van der Waals surface area contributed by atoms with Gasteiger partial charge in [0, 0.05) is 13.7 Å². The van der Waals surface area contributed by atoms with Crippen LogP contribution in [-0.4, -0.2) is 28.5 Å². The second kappa shape index (κ2) is 11.7. The Hall–Kier alpha value is -4.23. The Balaban J connectivity index is 0.00000156. The predicted molar refractivity (Wildman–Crippen MR) is 149 cm³/mol. The number of aliphatic hydroxyl groups is 1. The fourth-order valence-electron chi connectivity index (χ4n) is 4.53. The van der Waals surface area contributed by atoms with E-state index in [-0.39, 0.29) is 18.0 Å². The lowest BCUT2D eigenvalue weighted by Crippen LogP contribution is -2.28. The molecule has 0 saturated carbocycles. The number of aliphatic hydroxyl groups excluding tert-OH is 1. The molecule has 2 atom stereocenters. The van der Waals surface area contributed by atoms with E-state index in [2.05, 4.69) is 107 Å². The van der Waals surface area contributed by atoms with E-state index in [9.17, 15) is 4.79 Å². The van der Waals surface area contributed by atoms with Gasteiger partial charge in [-0.05, 0) is 37.5 Å². The van der Waals surface area contributed by atoms with Crippen molar-refractivity contribution in [3.05, 3.63) is 113 Å². The number of hydrogen-bond acceptors (Lipinski definition) is 7. The molecule has 190 valence electrons. The van der Waals surface area contributed by atoms with Crippen molar-refractivity contribution in [1.29, 1.82) is 0 Å². The van der Waals surface area contributed by atoms with E-state index in [1.54, 1.807) is 0 Å². The van der Waals surface area contributed by atoms with Crippen molar-refractivity contribution in [3.8, 4) is 0 Å². The summed E-state index contributed by atoms with van der Waals surface area (Å²) >= 11 is 0. The Labute approximate surface area is 218 Å². The van der Waals surface area contributed by atoms with Gasteiger partial charge in [0.1, 0.15) is 11.9 Å². The van der Waals surface area contributed by atoms with Crippen LogP contribution in [0.1, 0.15) is 57.6 Å². The van der Waals surface area contributed by atoms with Gasteiger partial charge < -0.3 is 20.6 Å². The Morgan fingerprint density at radius 1 is 0.973 bits per heavy atom. The van der Waals surface area contributed by atoms with Crippen LogP contribution in [0.2, 0.25) is 0 Å². The summed E-state index contributed by atoms with van der Waals surface area (Å²) in [4.78, 5) is 23.2.